The van der Waals surface area contributed by atoms with Crippen molar-refractivity contribution in [3.8, 4) is 0 Å². The lowest BCUT2D eigenvalue weighted by atomic mass is 10.2. The first kappa shape index (κ1) is 27.5. The largest absolute Gasteiger partial charge is 0.333 e. The monoisotopic (exact) mass is 562 g/mol. The van der Waals surface area contributed by atoms with Gasteiger partial charge in [0.05, 0.1) is 17.8 Å². The van der Waals surface area contributed by atoms with Gasteiger partial charge < -0.3 is 4.84 Å². The molecule has 0 spiro atoms. The number of hydroxylamine groups is 2. The molecule has 0 bridgehead atoms. The molecule has 4 amide bonds. The van der Waals surface area contributed by atoms with Crippen LogP contribution in [0.1, 0.15) is 32.6 Å². The number of carbonyl (C=O) groups excluding carboxylic acids is 5. The second-order valence-electron chi connectivity index (χ2n) is 7.66. The molecular formula is C18H18N4O11S3. The first-order valence-electron chi connectivity index (χ1n) is 10.1. The molecule has 2 aliphatic heterocycles. The highest BCUT2D eigenvalue weighted by atomic mass is 33.1. The molecule has 0 aromatic carbocycles. The molecule has 2 saturated heterocycles. The van der Waals surface area contributed by atoms with Gasteiger partial charge in [0.1, 0.15) is 17.3 Å². The Bertz CT molecular complexity index is 1220. The van der Waals surface area contributed by atoms with E-state index < -0.39 is 68.8 Å². The number of imide groups is 2. The molecule has 3 rings (SSSR count). The third-order valence-electron chi connectivity index (χ3n) is 5.07. The van der Waals surface area contributed by atoms with Crippen LogP contribution in [0.5, 0.6) is 0 Å². The summed E-state index contributed by atoms with van der Waals surface area (Å²) < 4.78 is 31.7. The molecule has 15 nitrogen and oxygen atoms in total. The highest BCUT2D eigenvalue weighted by molar-refractivity contribution is 8.76. The lowest BCUT2D eigenvalue weighted by Gasteiger charge is -2.20. The summed E-state index contributed by atoms with van der Waals surface area (Å²) in [7, 11) is -2.34. The molecule has 3 unspecified atom stereocenters. The number of carbonyl (C=O) groups is 5. The zero-order valence-corrected chi connectivity index (χ0v) is 20.8. The molecular weight excluding hydrogens is 544 g/mol. The average molecular weight is 563 g/mol. The van der Waals surface area contributed by atoms with Gasteiger partial charge in [-0.2, -0.15) is 8.42 Å². The van der Waals surface area contributed by atoms with Crippen LogP contribution in [0.2, 0.25) is 0 Å². The van der Waals surface area contributed by atoms with Crippen LogP contribution in [0.25, 0.3) is 0 Å². The smallest absolute Gasteiger partial charge is 0.330 e. The number of nitro groups is 1. The van der Waals surface area contributed by atoms with Crippen molar-refractivity contribution in [3.05, 3.63) is 28.4 Å². The summed E-state index contributed by atoms with van der Waals surface area (Å²) in [4.78, 5) is 80.5. The van der Waals surface area contributed by atoms with E-state index in [2.05, 4.69) is 4.98 Å². The summed E-state index contributed by atoms with van der Waals surface area (Å²) in [6.45, 7) is 1.79. The Balaban J connectivity index is 1.50. The van der Waals surface area contributed by atoms with Crippen LogP contribution in [0.15, 0.2) is 23.4 Å². The highest BCUT2D eigenvalue weighted by Crippen LogP contribution is 2.35. The van der Waals surface area contributed by atoms with E-state index >= 15 is 0 Å². The summed E-state index contributed by atoms with van der Waals surface area (Å²) >= 11 is 0. The van der Waals surface area contributed by atoms with Gasteiger partial charge in [0.25, 0.3) is 33.5 Å². The lowest BCUT2D eigenvalue weighted by molar-refractivity contribution is -0.385. The van der Waals surface area contributed by atoms with Crippen molar-refractivity contribution >= 4 is 67.0 Å². The summed E-state index contributed by atoms with van der Waals surface area (Å²) in [6.07, 6.45) is -0.390. The first-order valence-corrected chi connectivity index (χ1v) is 13.8. The number of hydrogen-bond acceptors (Lipinski definition) is 13. The molecule has 2 fully saturated rings. The maximum atomic E-state index is 12.6. The van der Waals surface area contributed by atoms with Crippen LogP contribution in [0.3, 0.4) is 0 Å². The predicted octanol–water partition coefficient (Wildman–Crippen LogP) is 0.500. The summed E-state index contributed by atoms with van der Waals surface area (Å²) in [5.74, 6) is -5.52. The molecule has 0 saturated carbocycles. The number of pyridine rings is 1. The zero-order valence-electron chi connectivity index (χ0n) is 18.3. The Morgan fingerprint density at radius 2 is 1.94 bits per heavy atom. The van der Waals surface area contributed by atoms with Crippen molar-refractivity contribution in [2.45, 2.75) is 54.2 Å². The van der Waals surface area contributed by atoms with Crippen molar-refractivity contribution in [1.82, 2.24) is 14.9 Å². The number of amides is 4. The number of rotatable bonds is 10. The Morgan fingerprint density at radius 1 is 1.25 bits per heavy atom. The van der Waals surface area contributed by atoms with Crippen molar-refractivity contribution in [2.24, 2.45) is 0 Å². The Kier molecular flexibility index (Phi) is 8.32. The molecule has 18 heteroatoms. The minimum atomic E-state index is -4.90. The summed E-state index contributed by atoms with van der Waals surface area (Å²) in [5.41, 5.74) is -0.148. The number of likely N-dealkylation sites (tertiary alicyclic amines) is 1. The topological polar surface area (TPSA) is 211 Å². The molecule has 1 N–H and O–H groups in total. The normalized spacial score (nSPS) is 21.3. The van der Waals surface area contributed by atoms with Crippen LogP contribution in [-0.2, 0) is 38.9 Å². The number of hydrogen-bond donors (Lipinski definition) is 1. The maximum absolute atomic E-state index is 12.6. The predicted molar refractivity (Wildman–Crippen MR) is 121 cm³/mol. The van der Waals surface area contributed by atoms with E-state index in [0.29, 0.717) is 9.93 Å². The van der Waals surface area contributed by atoms with Gasteiger partial charge in [0, 0.05) is 17.7 Å². The van der Waals surface area contributed by atoms with E-state index in [1.165, 1.54) is 33.7 Å². The average Bonchev–Trinajstić information content (AvgIpc) is 3.25. The van der Waals surface area contributed by atoms with Gasteiger partial charge >= 0.3 is 5.97 Å². The standard InChI is InChI=1S/C18H18N4O11S3/c1-9(34-35-13-4-3-10(8-19-13)22(28)29)2-5-16(25)33-21-15(24)6-11(17(21)26)20-14(23)7-12(18(20)27)36(30,31)32/h3-4,8-9,11-12H,2,5-7H2,1H3,(H,30,31,32). The fourth-order valence-corrected chi connectivity index (χ4v) is 6.04. The van der Waals surface area contributed by atoms with Crippen molar-refractivity contribution in [2.75, 3.05) is 0 Å². The molecule has 0 radical (unpaired) electrons. The SMILES string of the molecule is CC(CCC(=O)ON1C(=O)CC(N2C(=O)CC(S(=O)(=O)O)C2=O)C1=O)SSc1ccc([N+](=O)[O-])cn1. The Morgan fingerprint density at radius 3 is 2.50 bits per heavy atom. The van der Waals surface area contributed by atoms with Crippen molar-refractivity contribution in [1.29, 1.82) is 0 Å². The molecule has 1 aromatic heterocycles. The van der Waals surface area contributed by atoms with Crippen LogP contribution in [-0.4, -0.2) is 79.0 Å². The molecule has 0 aliphatic carbocycles. The van der Waals surface area contributed by atoms with Gasteiger partial charge in [-0.1, -0.05) is 17.7 Å². The zero-order chi connectivity index (χ0) is 26.8. The number of aromatic nitrogens is 1. The lowest BCUT2D eigenvalue weighted by Crippen LogP contribution is -2.46. The third kappa shape index (κ3) is 6.18. The van der Waals surface area contributed by atoms with Gasteiger partial charge in [0.2, 0.25) is 5.91 Å². The Labute approximate surface area is 211 Å². The summed E-state index contributed by atoms with van der Waals surface area (Å²) in [6, 6.07) is 1.10. The number of nitrogens with zero attached hydrogens (tertiary/aromatic N) is 4. The van der Waals surface area contributed by atoms with E-state index in [9.17, 15) is 42.5 Å². The van der Waals surface area contributed by atoms with Crippen LogP contribution >= 0.6 is 21.6 Å². The fourth-order valence-electron chi connectivity index (χ4n) is 3.25. The second-order valence-corrected chi connectivity index (χ2v) is 11.9. The minimum Gasteiger partial charge on any atom is -0.330 e. The maximum Gasteiger partial charge on any atom is 0.333 e. The van der Waals surface area contributed by atoms with E-state index in [0.717, 1.165) is 6.20 Å². The van der Waals surface area contributed by atoms with Crippen molar-refractivity contribution in [3.63, 3.8) is 0 Å². The quantitative estimate of drug-likeness (QED) is 0.135. The van der Waals surface area contributed by atoms with E-state index in [1.54, 1.807) is 6.92 Å². The molecule has 1 aromatic rings. The molecule has 194 valence electrons. The second kappa shape index (κ2) is 10.9. The van der Waals surface area contributed by atoms with Gasteiger partial charge in [0.15, 0.2) is 5.25 Å². The Hall–Kier alpha value is -3.09. The fraction of sp³-hybridized carbons (Fsp3) is 0.444. The molecule has 3 atom stereocenters. The van der Waals surface area contributed by atoms with Crippen LogP contribution in [0, 0.1) is 10.1 Å². The van der Waals surface area contributed by atoms with Gasteiger partial charge in [-0.3, -0.25) is 38.7 Å². The minimum absolute atomic E-state index is 0.130. The van der Waals surface area contributed by atoms with Crippen molar-refractivity contribution < 1.29 is 46.7 Å². The molecule has 2 aliphatic rings. The van der Waals surface area contributed by atoms with Gasteiger partial charge in [-0.05, 0) is 23.3 Å². The molecule has 3 heterocycles. The van der Waals surface area contributed by atoms with Gasteiger partial charge in [-0.15, -0.1) is 5.06 Å². The van der Waals surface area contributed by atoms with Crippen LogP contribution < -0.4 is 0 Å². The molecule has 36 heavy (non-hydrogen) atoms. The highest BCUT2D eigenvalue weighted by Gasteiger charge is 2.55. The first-order chi connectivity index (χ1) is 16.8. The summed E-state index contributed by atoms with van der Waals surface area (Å²) in [5, 5.41) is 9.11. The van der Waals surface area contributed by atoms with E-state index in [1.807, 2.05) is 0 Å². The third-order valence-corrected chi connectivity index (χ3v) is 9.02. The van der Waals surface area contributed by atoms with Crippen LogP contribution in [0.4, 0.5) is 5.69 Å². The van der Waals surface area contributed by atoms with E-state index in [-0.39, 0.29) is 28.8 Å². The van der Waals surface area contributed by atoms with Gasteiger partial charge in [-0.25, -0.2) is 9.78 Å². The van der Waals surface area contributed by atoms with E-state index in [4.69, 9.17) is 9.39 Å².